The van der Waals surface area contributed by atoms with Crippen LogP contribution in [0, 0.1) is 0 Å². The molecule has 138 valence electrons. The van der Waals surface area contributed by atoms with E-state index >= 15 is 0 Å². The van der Waals surface area contributed by atoms with E-state index in [4.69, 9.17) is 4.74 Å². The first-order valence-electron chi connectivity index (χ1n) is 10.0. The molecule has 1 aromatic carbocycles. The maximum absolute atomic E-state index is 6.20. The van der Waals surface area contributed by atoms with Crippen LogP contribution < -0.4 is 4.74 Å². The fourth-order valence-electron chi connectivity index (χ4n) is 3.08. The highest BCUT2D eigenvalue weighted by molar-refractivity contribution is 9.09. The highest BCUT2D eigenvalue weighted by Gasteiger charge is 2.24. The molecule has 1 nitrogen and oxygen atoms in total. The molecule has 0 saturated carbocycles. The van der Waals surface area contributed by atoms with E-state index in [0.717, 1.165) is 17.5 Å². The summed E-state index contributed by atoms with van der Waals surface area (Å²) in [6.07, 6.45) is 16.4. The Morgan fingerprint density at radius 2 is 1.29 bits per heavy atom. The molecule has 0 aromatic heterocycles. The van der Waals surface area contributed by atoms with Crippen molar-refractivity contribution in [3.8, 4) is 5.75 Å². The second-order valence-electron chi connectivity index (χ2n) is 7.28. The summed E-state index contributed by atoms with van der Waals surface area (Å²) in [5.41, 5.74) is -0.0966. The van der Waals surface area contributed by atoms with E-state index in [1.165, 1.54) is 70.6 Å². The third kappa shape index (κ3) is 10.4. The highest BCUT2D eigenvalue weighted by atomic mass is 79.9. The quantitative estimate of drug-likeness (QED) is 0.216. The van der Waals surface area contributed by atoms with Gasteiger partial charge in [0.25, 0.3) is 0 Å². The molecule has 24 heavy (non-hydrogen) atoms. The Morgan fingerprint density at radius 3 is 1.79 bits per heavy atom. The maximum Gasteiger partial charge on any atom is 0.120 e. The predicted molar refractivity (Wildman–Crippen MR) is 110 cm³/mol. The molecule has 0 aliphatic rings. The molecule has 0 aliphatic carbocycles. The Bertz CT molecular complexity index is 392. The normalized spacial score (nSPS) is 13.6. The fourth-order valence-corrected chi connectivity index (χ4v) is 3.48. The van der Waals surface area contributed by atoms with E-state index < -0.39 is 0 Å². The molecule has 1 rings (SSSR count). The minimum atomic E-state index is -0.0966. The van der Waals surface area contributed by atoms with Crippen LogP contribution >= 0.6 is 15.9 Å². The number of rotatable bonds is 15. The van der Waals surface area contributed by atoms with Gasteiger partial charge in [-0.15, -0.1) is 0 Å². The van der Waals surface area contributed by atoms with Crippen molar-refractivity contribution in [1.82, 2.24) is 0 Å². The summed E-state index contributed by atoms with van der Waals surface area (Å²) in [5.74, 6) is 0.975. The molecule has 0 spiro atoms. The summed E-state index contributed by atoms with van der Waals surface area (Å²) in [6.45, 7) is 4.50. The summed E-state index contributed by atoms with van der Waals surface area (Å²) in [4.78, 5) is 0. The SMILES string of the molecule is CCCCCCCCCCCCCC(C)(CBr)Oc1ccccc1. The van der Waals surface area contributed by atoms with E-state index in [0.29, 0.717) is 0 Å². The minimum absolute atomic E-state index is 0.0966. The smallest absolute Gasteiger partial charge is 0.120 e. The van der Waals surface area contributed by atoms with Gasteiger partial charge >= 0.3 is 0 Å². The van der Waals surface area contributed by atoms with E-state index in [2.05, 4.69) is 29.8 Å². The monoisotopic (exact) mass is 396 g/mol. The second-order valence-corrected chi connectivity index (χ2v) is 7.84. The zero-order valence-corrected chi connectivity index (χ0v) is 17.5. The van der Waals surface area contributed by atoms with Crippen LogP contribution in [0.25, 0.3) is 0 Å². The lowest BCUT2D eigenvalue weighted by Crippen LogP contribution is -2.34. The molecule has 2 heteroatoms. The molecule has 0 heterocycles. The van der Waals surface area contributed by atoms with Gasteiger partial charge in [-0.2, -0.15) is 0 Å². The summed E-state index contributed by atoms with van der Waals surface area (Å²) in [6, 6.07) is 10.2. The minimum Gasteiger partial charge on any atom is -0.487 e. The Hall–Kier alpha value is -0.500. The first-order valence-corrected chi connectivity index (χ1v) is 11.1. The van der Waals surface area contributed by atoms with Crippen LogP contribution in [0.3, 0.4) is 0 Å². The van der Waals surface area contributed by atoms with Crippen molar-refractivity contribution in [1.29, 1.82) is 0 Å². The van der Waals surface area contributed by atoms with Gasteiger partial charge in [0.1, 0.15) is 11.4 Å². The lowest BCUT2D eigenvalue weighted by Gasteiger charge is -2.29. The zero-order valence-electron chi connectivity index (χ0n) is 15.9. The fraction of sp³-hybridized carbons (Fsp3) is 0.727. The first-order chi connectivity index (χ1) is 11.7. The average molecular weight is 397 g/mol. The highest BCUT2D eigenvalue weighted by Crippen LogP contribution is 2.25. The van der Waals surface area contributed by atoms with Gasteiger partial charge in [-0.25, -0.2) is 0 Å². The molecule has 1 unspecified atom stereocenters. The third-order valence-electron chi connectivity index (χ3n) is 4.70. The number of hydrogen-bond donors (Lipinski definition) is 0. The molecule has 1 atom stereocenters. The van der Waals surface area contributed by atoms with Gasteiger partial charge < -0.3 is 4.74 Å². The Kier molecular flexibility index (Phi) is 12.3. The van der Waals surface area contributed by atoms with Crippen molar-refractivity contribution in [2.45, 2.75) is 96.5 Å². The van der Waals surface area contributed by atoms with E-state index in [-0.39, 0.29) is 5.60 Å². The van der Waals surface area contributed by atoms with Crippen LogP contribution in [0.2, 0.25) is 0 Å². The molecule has 0 N–H and O–H groups in total. The van der Waals surface area contributed by atoms with E-state index in [1.807, 2.05) is 30.3 Å². The number of benzene rings is 1. The summed E-state index contributed by atoms with van der Waals surface area (Å²) < 4.78 is 6.20. The van der Waals surface area contributed by atoms with Gasteiger partial charge in [0, 0.05) is 5.33 Å². The second kappa shape index (κ2) is 13.8. The van der Waals surface area contributed by atoms with E-state index in [1.54, 1.807) is 0 Å². The zero-order chi connectivity index (χ0) is 17.5. The molecule has 0 amide bonds. The standard InChI is InChI=1S/C22H37BrO/c1-3-4-5-6-7-8-9-10-11-12-16-19-22(2,20-23)24-21-17-14-13-15-18-21/h13-15,17-18H,3-12,16,19-20H2,1-2H3. The van der Waals surface area contributed by atoms with Crippen molar-refractivity contribution >= 4 is 15.9 Å². The lowest BCUT2D eigenvalue weighted by atomic mass is 9.98. The van der Waals surface area contributed by atoms with E-state index in [9.17, 15) is 0 Å². The Labute approximate surface area is 158 Å². The molecule has 1 aromatic rings. The molecular weight excluding hydrogens is 360 g/mol. The van der Waals surface area contributed by atoms with Gasteiger partial charge in [-0.3, -0.25) is 0 Å². The lowest BCUT2D eigenvalue weighted by molar-refractivity contribution is 0.102. The number of halogens is 1. The predicted octanol–water partition coefficient (Wildman–Crippen LogP) is 7.92. The summed E-state index contributed by atoms with van der Waals surface area (Å²) >= 11 is 3.63. The van der Waals surface area contributed by atoms with Crippen LogP contribution in [0.1, 0.15) is 90.9 Å². The number of unbranched alkanes of at least 4 members (excludes halogenated alkanes) is 10. The van der Waals surface area contributed by atoms with Crippen LogP contribution in [-0.2, 0) is 0 Å². The molecule has 0 bridgehead atoms. The van der Waals surface area contributed by atoms with Crippen LogP contribution in [-0.4, -0.2) is 10.9 Å². The summed E-state index contributed by atoms with van der Waals surface area (Å²) in [5, 5.41) is 0.882. The molecule has 0 aliphatic heterocycles. The molecular formula is C22H37BrO. The van der Waals surface area contributed by atoms with Crippen LogP contribution in [0.5, 0.6) is 5.75 Å². The molecule has 0 radical (unpaired) electrons. The Balaban J connectivity index is 2.04. The number of ether oxygens (including phenoxy) is 1. The van der Waals surface area contributed by atoms with Gasteiger partial charge in [0.15, 0.2) is 0 Å². The largest absolute Gasteiger partial charge is 0.487 e. The van der Waals surface area contributed by atoms with Crippen LogP contribution in [0.15, 0.2) is 30.3 Å². The number of alkyl halides is 1. The molecule has 0 saturated heterocycles. The molecule has 0 fully saturated rings. The van der Waals surface area contributed by atoms with Crippen molar-refractivity contribution in [3.63, 3.8) is 0 Å². The maximum atomic E-state index is 6.20. The number of para-hydroxylation sites is 1. The van der Waals surface area contributed by atoms with Gasteiger partial charge in [-0.1, -0.05) is 105 Å². The first kappa shape index (κ1) is 21.5. The third-order valence-corrected chi connectivity index (χ3v) is 5.89. The number of hydrogen-bond acceptors (Lipinski definition) is 1. The Morgan fingerprint density at radius 1 is 0.792 bits per heavy atom. The van der Waals surface area contributed by atoms with Crippen molar-refractivity contribution in [3.05, 3.63) is 30.3 Å². The van der Waals surface area contributed by atoms with Crippen LogP contribution in [0.4, 0.5) is 0 Å². The van der Waals surface area contributed by atoms with Gasteiger partial charge in [-0.05, 0) is 31.9 Å². The van der Waals surface area contributed by atoms with Gasteiger partial charge in [0.2, 0.25) is 0 Å². The van der Waals surface area contributed by atoms with Gasteiger partial charge in [0.05, 0.1) is 0 Å². The summed E-state index contributed by atoms with van der Waals surface area (Å²) in [7, 11) is 0. The average Bonchev–Trinajstić information content (AvgIpc) is 2.60. The topological polar surface area (TPSA) is 9.23 Å². The van der Waals surface area contributed by atoms with Crippen molar-refractivity contribution in [2.24, 2.45) is 0 Å². The van der Waals surface area contributed by atoms with Crippen molar-refractivity contribution < 1.29 is 4.74 Å². The van der Waals surface area contributed by atoms with Crippen molar-refractivity contribution in [2.75, 3.05) is 5.33 Å².